The smallest absolute Gasteiger partial charge is 0.258 e. The number of hydrogen-bond acceptors (Lipinski definition) is 4. The lowest BCUT2D eigenvalue weighted by atomic mass is 10.2. The lowest BCUT2D eigenvalue weighted by Crippen LogP contribution is -2.11. The second-order valence-corrected chi connectivity index (χ2v) is 3.54. The Morgan fingerprint density at radius 2 is 2.31 bits per heavy atom. The fourth-order valence-corrected chi connectivity index (χ4v) is 1.32. The molecule has 0 saturated carbocycles. The molecule has 0 aliphatic heterocycles. The summed E-state index contributed by atoms with van der Waals surface area (Å²) in [4.78, 5) is 15.5. The molecule has 0 atom stereocenters. The van der Waals surface area contributed by atoms with Gasteiger partial charge in [0.05, 0.1) is 5.69 Å². The predicted octanol–water partition coefficient (Wildman–Crippen LogP) is 2.28. The van der Waals surface area contributed by atoms with Gasteiger partial charge in [-0.05, 0) is 19.1 Å². The van der Waals surface area contributed by atoms with Crippen molar-refractivity contribution < 1.29 is 9.32 Å². The molecule has 0 spiro atoms. The summed E-state index contributed by atoms with van der Waals surface area (Å²) in [5.41, 5.74) is 1.11. The quantitative estimate of drug-likeness (QED) is 0.814. The van der Waals surface area contributed by atoms with Crippen LogP contribution in [0.3, 0.4) is 0 Å². The van der Waals surface area contributed by atoms with E-state index in [2.05, 4.69) is 15.5 Å². The van der Waals surface area contributed by atoms with Gasteiger partial charge in [0.25, 0.3) is 5.91 Å². The van der Waals surface area contributed by atoms with Gasteiger partial charge in [-0.2, -0.15) is 0 Å². The summed E-state index contributed by atoms with van der Waals surface area (Å²) in [6, 6.07) is 4.66. The molecular formula is C10H8ClN3O2. The Morgan fingerprint density at radius 3 is 2.94 bits per heavy atom. The highest BCUT2D eigenvalue weighted by Crippen LogP contribution is 2.12. The SMILES string of the molecule is Cc1cc(NC(=O)c2ccnc(Cl)c2)on1. The van der Waals surface area contributed by atoms with Crippen LogP contribution < -0.4 is 5.32 Å². The first-order valence-corrected chi connectivity index (χ1v) is 4.89. The van der Waals surface area contributed by atoms with Crippen molar-refractivity contribution in [2.24, 2.45) is 0 Å². The first-order valence-electron chi connectivity index (χ1n) is 4.51. The first kappa shape index (κ1) is 10.6. The number of anilines is 1. The van der Waals surface area contributed by atoms with Crippen molar-refractivity contribution in [1.82, 2.24) is 10.1 Å². The number of nitrogens with zero attached hydrogens (tertiary/aromatic N) is 2. The van der Waals surface area contributed by atoms with Gasteiger partial charge >= 0.3 is 0 Å². The Bertz CT molecular complexity index is 524. The zero-order valence-corrected chi connectivity index (χ0v) is 9.15. The molecule has 2 rings (SSSR count). The first-order chi connectivity index (χ1) is 7.65. The summed E-state index contributed by atoms with van der Waals surface area (Å²) in [5.74, 6) is -0.0177. The summed E-state index contributed by atoms with van der Waals surface area (Å²) in [6.45, 7) is 1.77. The molecule has 1 amide bonds. The minimum Gasteiger partial charge on any atom is -0.338 e. The monoisotopic (exact) mass is 237 g/mol. The summed E-state index contributed by atoms with van der Waals surface area (Å²) in [7, 11) is 0. The van der Waals surface area contributed by atoms with E-state index in [0.29, 0.717) is 17.1 Å². The van der Waals surface area contributed by atoms with E-state index in [0.717, 1.165) is 0 Å². The second-order valence-electron chi connectivity index (χ2n) is 3.15. The van der Waals surface area contributed by atoms with E-state index in [-0.39, 0.29) is 11.1 Å². The molecule has 0 bridgehead atoms. The molecular weight excluding hydrogens is 230 g/mol. The van der Waals surface area contributed by atoms with Gasteiger partial charge in [-0.15, -0.1) is 0 Å². The number of aromatic nitrogens is 2. The standard InChI is InChI=1S/C10H8ClN3O2/c1-6-4-9(16-14-6)13-10(15)7-2-3-12-8(11)5-7/h2-5H,1H3,(H,13,15). The van der Waals surface area contributed by atoms with Crippen LogP contribution in [0.4, 0.5) is 5.88 Å². The number of pyridine rings is 1. The molecule has 0 aliphatic carbocycles. The Labute approximate surface area is 96.4 Å². The third-order valence-electron chi connectivity index (χ3n) is 1.85. The van der Waals surface area contributed by atoms with Crippen molar-refractivity contribution in [2.75, 3.05) is 5.32 Å². The molecule has 6 heteroatoms. The zero-order chi connectivity index (χ0) is 11.5. The van der Waals surface area contributed by atoms with E-state index in [1.165, 1.54) is 12.3 Å². The van der Waals surface area contributed by atoms with Gasteiger partial charge in [0.2, 0.25) is 5.88 Å². The van der Waals surface area contributed by atoms with Crippen molar-refractivity contribution in [3.63, 3.8) is 0 Å². The zero-order valence-electron chi connectivity index (χ0n) is 8.40. The molecule has 2 heterocycles. The Balaban J connectivity index is 2.14. The molecule has 82 valence electrons. The minimum absolute atomic E-state index is 0.265. The third-order valence-corrected chi connectivity index (χ3v) is 2.06. The second kappa shape index (κ2) is 4.32. The van der Waals surface area contributed by atoms with Gasteiger partial charge in [0.15, 0.2) is 0 Å². The predicted molar refractivity (Wildman–Crippen MR) is 58.4 cm³/mol. The molecule has 0 fully saturated rings. The number of aryl methyl sites for hydroxylation is 1. The Kier molecular flexibility index (Phi) is 2.87. The Morgan fingerprint density at radius 1 is 1.50 bits per heavy atom. The highest BCUT2D eigenvalue weighted by Gasteiger charge is 2.09. The summed E-state index contributed by atoms with van der Waals surface area (Å²) >= 11 is 5.67. The van der Waals surface area contributed by atoms with Crippen molar-refractivity contribution >= 4 is 23.4 Å². The maximum absolute atomic E-state index is 11.7. The lowest BCUT2D eigenvalue weighted by molar-refractivity contribution is 0.102. The van der Waals surface area contributed by atoms with Crippen LogP contribution in [0.1, 0.15) is 16.1 Å². The van der Waals surface area contributed by atoms with Crippen LogP contribution in [0.2, 0.25) is 5.15 Å². The number of nitrogens with one attached hydrogen (secondary N) is 1. The van der Waals surface area contributed by atoms with Crippen molar-refractivity contribution in [1.29, 1.82) is 0 Å². The molecule has 1 N–H and O–H groups in total. The van der Waals surface area contributed by atoms with E-state index in [9.17, 15) is 4.79 Å². The molecule has 2 aromatic rings. The van der Waals surface area contributed by atoms with Gasteiger partial charge in [-0.3, -0.25) is 10.1 Å². The van der Waals surface area contributed by atoms with Crippen LogP contribution in [0, 0.1) is 6.92 Å². The van der Waals surface area contributed by atoms with Crippen LogP contribution in [0.15, 0.2) is 28.9 Å². The molecule has 0 aromatic carbocycles. The van der Waals surface area contributed by atoms with Gasteiger partial charge in [-0.25, -0.2) is 4.98 Å². The number of amides is 1. The van der Waals surface area contributed by atoms with E-state index < -0.39 is 0 Å². The molecule has 0 unspecified atom stereocenters. The van der Waals surface area contributed by atoms with E-state index in [4.69, 9.17) is 16.1 Å². The number of halogens is 1. The molecule has 5 nitrogen and oxygen atoms in total. The third kappa shape index (κ3) is 2.38. The molecule has 0 radical (unpaired) electrons. The average Bonchev–Trinajstić information content (AvgIpc) is 2.64. The van der Waals surface area contributed by atoms with E-state index in [1.54, 1.807) is 19.1 Å². The number of carbonyl (C=O) groups is 1. The number of carbonyl (C=O) groups excluding carboxylic acids is 1. The summed E-state index contributed by atoms with van der Waals surface area (Å²) < 4.78 is 4.86. The summed E-state index contributed by atoms with van der Waals surface area (Å²) in [5, 5.41) is 6.47. The number of rotatable bonds is 2. The molecule has 0 saturated heterocycles. The van der Waals surface area contributed by atoms with Gasteiger partial charge in [0.1, 0.15) is 5.15 Å². The normalized spacial score (nSPS) is 10.1. The van der Waals surface area contributed by atoms with Crippen molar-refractivity contribution in [2.45, 2.75) is 6.92 Å². The van der Waals surface area contributed by atoms with Gasteiger partial charge < -0.3 is 4.52 Å². The molecule has 0 aliphatic rings. The van der Waals surface area contributed by atoms with Crippen molar-refractivity contribution in [3.05, 3.63) is 40.8 Å². The average molecular weight is 238 g/mol. The highest BCUT2D eigenvalue weighted by molar-refractivity contribution is 6.29. The van der Waals surface area contributed by atoms with Crippen LogP contribution in [-0.2, 0) is 0 Å². The topological polar surface area (TPSA) is 68.0 Å². The fraction of sp³-hybridized carbons (Fsp3) is 0.100. The van der Waals surface area contributed by atoms with E-state index >= 15 is 0 Å². The van der Waals surface area contributed by atoms with E-state index in [1.807, 2.05) is 0 Å². The van der Waals surface area contributed by atoms with Gasteiger partial charge in [-0.1, -0.05) is 16.8 Å². The number of hydrogen-bond donors (Lipinski definition) is 1. The Hall–Kier alpha value is -1.88. The minimum atomic E-state index is -0.319. The van der Waals surface area contributed by atoms with Gasteiger partial charge in [0, 0.05) is 17.8 Å². The maximum atomic E-state index is 11.7. The molecule has 2 aromatic heterocycles. The van der Waals surface area contributed by atoms with Crippen LogP contribution in [0.5, 0.6) is 0 Å². The fourth-order valence-electron chi connectivity index (χ4n) is 1.15. The van der Waals surface area contributed by atoms with Crippen LogP contribution >= 0.6 is 11.6 Å². The van der Waals surface area contributed by atoms with Crippen molar-refractivity contribution in [3.8, 4) is 0 Å². The maximum Gasteiger partial charge on any atom is 0.258 e. The largest absolute Gasteiger partial charge is 0.338 e. The summed E-state index contributed by atoms with van der Waals surface area (Å²) in [6.07, 6.45) is 1.46. The lowest BCUT2D eigenvalue weighted by Gasteiger charge is -2.00. The van der Waals surface area contributed by atoms with Crippen LogP contribution in [0.25, 0.3) is 0 Å². The highest BCUT2D eigenvalue weighted by atomic mass is 35.5. The van der Waals surface area contributed by atoms with Crippen LogP contribution in [-0.4, -0.2) is 16.0 Å². The molecule has 16 heavy (non-hydrogen) atoms.